The lowest BCUT2D eigenvalue weighted by Crippen LogP contribution is -2.33. The first-order chi connectivity index (χ1) is 15.8. The number of hydrogen-bond acceptors (Lipinski definition) is 6. The van der Waals surface area contributed by atoms with Crippen molar-refractivity contribution in [2.45, 2.75) is 26.6 Å². The van der Waals surface area contributed by atoms with Crippen LogP contribution < -0.4 is 9.47 Å². The van der Waals surface area contributed by atoms with Gasteiger partial charge in [-0.25, -0.2) is 9.97 Å². The number of hydrogen-bond donors (Lipinski definition) is 0. The van der Waals surface area contributed by atoms with Crippen molar-refractivity contribution in [2.24, 2.45) is 0 Å². The summed E-state index contributed by atoms with van der Waals surface area (Å²) in [5.74, 6) is 2.57. The molecular formula is C25H23N5O2. The molecule has 0 amide bonds. The van der Waals surface area contributed by atoms with E-state index in [1.54, 1.807) is 6.20 Å². The van der Waals surface area contributed by atoms with Crippen LogP contribution in [-0.2, 0) is 19.6 Å². The molecular weight excluding hydrogens is 402 g/mol. The second kappa shape index (κ2) is 7.76. The number of aromatic nitrogens is 4. The Bertz CT molecular complexity index is 1270. The molecule has 0 fully saturated rings. The van der Waals surface area contributed by atoms with E-state index in [0.717, 1.165) is 71.7 Å². The molecule has 160 valence electrons. The first kappa shape index (κ1) is 19.0. The van der Waals surface area contributed by atoms with Gasteiger partial charge in [-0.1, -0.05) is 42.5 Å². The summed E-state index contributed by atoms with van der Waals surface area (Å²) in [5.41, 5.74) is 6.17. The molecule has 2 aromatic heterocycles. The van der Waals surface area contributed by atoms with E-state index in [1.807, 2.05) is 31.3 Å². The van der Waals surface area contributed by atoms with Crippen LogP contribution in [0.2, 0.25) is 0 Å². The summed E-state index contributed by atoms with van der Waals surface area (Å²) in [7, 11) is 0. The standard InChI is InChI=1S/C25H23N5O2/c1-17-12-27-20(13-26-17)25-28-23(18-6-3-2-4-7-18)21-15-29(10-11-30(21)25)14-19-8-5-9-22-24(19)32-16-31-22/h2-9,12-13H,10-11,14-16H2,1H3. The zero-order valence-electron chi connectivity index (χ0n) is 17.9. The van der Waals surface area contributed by atoms with Crippen LogP contribution in [0.25, 0.3) is 22.8 Å². The summed E-state index contributed by atoms with van der Waals surface area (Å²) in [4.78, 5) is 16.5. The Hall–Kier alpha value is -3.71. The molecule has 6 rings (SSSR count). The third kappa shape index (κ3) is 3.31. The lowest BCUT2D eigenvalue weighted by atomic mass is 10.1. The van der Waals surface area contributed by atoms with Gasteiger partial charge in [-0.2, -0.15) is 0 Å². The zero-order valence-corrected chi connectivity index (χ0v) is 17.9. The van der Waals surface area contributed by atoms with E-state index in [2.05, 4.69) is 49.8 Å². The van der Waals surface area contributed by atoms with Crippen molar-refractivity contribution in [3.8, 4) is 34.3 Å². The normalized spacial score (nSPS) is 15.0. The van der Waals surface area contributed by atoms with E-state index in [9.17, 15) is 0 Å². The molecule has 32 heavy (non-hydrogen) atoms. The molecule has 0 radical (unpaired) electrons. The number of ether oxygens (including phenoxy) is 2. The van der Waals surface area contributed by atoms with Gasteiger partial charge in [0, 0.05) is 43.5 Å². The van der Waals surface area contributed by atoms with Gasteiger partial charge < -0.3 is 14.0 Å². The Morgan fingerprint density at radius 2 is 1.84 bits per heavy atom. The van der Waals surface area contributed by atoms with Crippen molar-refractivity contribution >= 4 is 0 Å². The summed E-state index contributed by atoms with van der Waals surface area (Å²) in [6, 6.07) is 16.5. The first-order valence-corrected chi connectivity index (χ1v) is 10.8. The topological polar surface area (TPSA) is 65.3 Å². The molecule has 7 nitrogen and oxygen atoms in total. The van der Waals surface area contributed by atoms with E-state index in [0.29, 0.717) is 0 Å². The van der Waals surface area contributed by atoms with Gasteiger partial charge in [-0.05, 0) is 13.0 Å². The maximum atomic E-state index is 5.72. The van der Waals surface area contributed by atoms with Crippen molar-refractivity contribution in [2.75, 3.05) is 13.3 Å². The van der Waals surface area contributed by atoms with E-state index in [1.165, 1.54) is 5.69 Å². The number of aryl methyl sites for hydroxylation is 1. The van der Waals surface area contributed by atoms with Gasteiger partial charge in [0.2, 0.25) is 6.79 Å². The molecule has 0 spiro atoms. The summed E-state index contributed by atoms with van der Waals surface area (Å²) in [6.45, 7) is 5.58. The number of nitrogens with zero attached hydrogens (tertiary/aromatic N) is 5. The number of rotatable bonds is 4. The van der Waals surface area contributed by atoms with Gasteiger partial charge in [-0.3, -0.25) is 9.88 Å². The maximum absolute atomic E-state index is 5.72. The SMILES string of the molecule is Cc1cnc(-c2nc(-c3ccccc3)c3n2CCN(Cc2cccc4c2OCO4)C3)cn1. The monoisotopic (exact) mass is 425 g/mol. The van der Waals surface area contributed by atoms with Crippen LogP contribution in [0.15, 0.2) is 60.9 Å². The third-order valence-electron chi connectivity index (χ3n) is 6.02. The number of fused-ring (bicyclic) bond motifs is 2. The molecule has 0 N–H and O–H groups in total. The van der Waals surface area contributed by atoms with Crippen LogP contribution in [0.1, 0.15) is 17.0 Å². The van der Waals surface area contributed by atoms with Crippen molar-refractivity contribution in [3.05, 3.63) is 77.9 Å². The Morgan fingerprint density at radius 3 is 2.69 bits per heavy atom. The van der Waals surface area contributed by atoms with Crippen LogP contribution in [0.3, 0.4) is 0 Å². The average Bonchev–Trinajstić information content (AvgIpc) is 3.46. The second-order valence-corrected chi connectivity index (χ2v) is 8.15. The second-order valence-electron chi connectivity index (χ2n) is 8.15. The van der Waals surface area contributed by atoms with E-state index >= 15 is 0 Å². The van der Waals surface area contributed by atoms with Crippen LogP contribution in [0, 0.1) is 6.92 Å². The summed E-state index contributed by atoms with van der Waals surface area (Å²) in [6.07, 6.45) is 3.61. The summed E-state index contributed by atoms with van der Waals surface area (Å²) in [5, 5.41) is 0. The van der Waals surface area contributed by atoms with Crippen molar-refractivity contribution in [1.29, 1.82) is 0 Å². The Morgan fingerprint density at radius 1 is 0.938 bits per heavy atom. The number of benzene rings is 2. The minimum atomic E-state index is 0.290. The fourth-order valence-corrected chi connectivity index (χ4v) is 4.44. The highest BCUT2D eigenvalue weighted by atomic mass is 16.7. The highest BCUT2D eigenvalue weighted by Crippen LogP contribution is 2.37. The van der Waals surface area contributed by atoms with Gasteiger partial charge in [-0.15, -0.1) is 0 Å². The van der Waals surface area contributed by atoms with E-state index < -0.39 is 0 Å². The summed E-state index contributed by atoms with van der Waals surface area (Å²) < 4.78 is 13.6. The van der Waals surface area contributed by atoms with Gasteiger partial charge in [0.05, 0.1) is 23.3 Å². The van der Waals surface area contributed by atoms with Crippen LogP contribution in [0.4, 0.5) is 0 Å². The van der Waals surface area contributed by atoms with Crippen LogP contribution >= 0.6 is 0 Å². The molecule has 0 unspecified atom stereocenters. The third-order valence-corrected chi connectivity index (χ3v) is 6.02. The van der Waals surface area contributed by atoms with Crippen LogP contribution in [-0.4, -0.2) is 37.8 Å². The average molecular weight is 425 g/mol. The van der Waals surface area contributed by atoms with E-state index in [-0.39, 0.29) is 6.79 Å². The first-order valence-electron chi connectivity index (χ1n) is 10.8. The minimum absolute atomic E-state index is 0.290. The van der Waals surface area contributed by atoms with Crippen molar-refractivity contribution in [3.63, 3.8) is 0 Å². The summed E-state index contributed by atoms with van der Waals surface area (Å²) >= 11 is 0. The van der Waals surface area contributed by atoms with Gasteiger partial charge in [0.15, 0.2) is 17.3 Å². The fourth-order valence-electron chi connectivity index (χ4n) is 4.44. The predicted octanol–water partition coefficient (Wildman–Crippen LogP) is 4.06. The molecule has 0 saturated heterocycles. The smallest absolute Gasteiger partial charge is 0.231 e. The van der Waals surface area contributed by atoms with Crippen molar-refractivity contribution < 1.29 is 9.47 Å². The van der Waals surface area contributed by atoms with Gasteiger partial charge >= 0.3 is 0 Å². The zero-order chi connectivity index (χ0) is 21.5. The molecule has 2 aromatic carbocycles. The van der Waals surface area contributed by atoms with Crippen LogP contribution in [0.5, 0.6) is 11.5 Å². The number of imidazole rings is 1. The quantitative estimate of drug-likeness (QED) is 0.491. The van der Waals surface area contributed by atoms with Gasteiger partial charge in [0.1, 0.15) is 5.69 Å². The lowest BCUT2D eigenvalue weighted by Gasteiger charge is -2.29. The molecule has 2 aliphatic heterocycles. The molecule has 0 saturated carbocycles. The largest absolute Gasteiger partial charge is 0.454 e. The van der Waals surface area contributed by atoms with Gasteiger partial charge in [0.25, 0.3) is 0 Å². The highest BCUT2D eigenvalue weighted by Gasteiger charge is 2.27. The Kier molecular flexibility index (Phi) is 4.61. The molecule has 0 atom stereocenters. The van der Waals surface area contributed by atoms with E-state index in [4.69, 9.17) is 14.5 Å². The minimum Gasteiger partial charge on any atom is -0.454 e. The fraction of sp³-hybridized carbons (Fsp3) is 0.240. The van der Waals surface area contributed by atoms with Crippen molar-refractivity contribution in [1.82, 2.24) is 24.4 Å². The highest BCUT2D eigenvalue weighted by molar-refractivity contribution is 5.67. The molecule has 4 heterocycles. The Labute approximate surface area is 186 Å². The molecule has 7 heteroatoms. The molecule has 0 bridgehead atoms. The molecule has 0 aliphatic carbocycles. The lowest BCUT2D eigenvalue weighted by molar-refractivity contribution is 0.170. The predicted molar refractivity (Wildman–Crippen MR) is 120 cm³/mol. The number of para-hydroxylation sites is 1. The maximum Gasteiger partial charge on any atom is 0.231 e. The Balaban J connectivity index is 1.38. The molecule has 2 aliphatic rings. The molecule has 4 aromatic rings.